The maximum atomic E-state index is 14.5. The number of pyridine rings is 1. The number of benzene rings is 3. The zero-order valence-corrected chi connectivity index (χ0v) is 23.7. The van der Waals surface area contributed by atoms with Crippen LogP contribution in [-0.2, 0) is 17.5 Å². The van der Waals surface area contributed by atoms with E-state index in [0.29, 0.717) is 33.7 Å². The van der Waals surface area contributed by atoms with Crippen LogP contribution in [-0.4, -0.2) is 34.4 Å². The van der Waals surface area contributed by atoms with Gasteiger partial charge in [0, 0.05) is 23.6 Å². The van der Waals surface area contributed by atoms with E-state index in [-0.39, 0.29) is 23.5 Å². The lowest BCUT2D eigenvalue weighted by Gasteiger charge is -2.21. The van der Waals surface area contributed by atoms with Gasteiger partial charge in [-0.15, -0.1) is 0 Å². The minimum Gasteiger partial charge on any atom is -0.497 e. The lowest BCUT2D eigenvalue weighted by atomic mass is 10.1. The molecule has 2 heterocycles. The van der Waals surface area contributed by atoms with Gasteiger partial charge in [-0.1, -0.05) is 31.1 Å². The van der Waals surface area contributed by atoms with Gasteiger partial charge < -0.3 is 14.0 Å². The summed E-state index contributed by atoms with van der Waals surface area (Å²) in [7, 11) is 1.23. The van der Waals surface area contributed by atoms with E-state index in [9.17, 15) is 18.2 Å². The summed E-state index contributed by atoms with van der Waals surface area (Å²) >= 11 is 0. The molecule has 0 bridgehead atoms. The van der Waals surface area contributed by atoms with E-state index in [0.717, 1.165) is 11.6 Å². The first-order valence-electron chi connectivity index (χ1n) is 12.6. The van der Waals surface area contributed by atoms with E-state index >= 15 is 0 Å². The van der Waals surface area contributed by atoms with Crippen molar-refractivity contribution < 1.29 is 27.4 Å². The average Bonchev–Trinajstić information content (AvgIpc) is 3.55. The zero-order chi connectivity index (χ0) is 29.5. The predicted molar refractivity (Wildman–Crippen MR) is 155 cm³/mol. The Morgan fingerprint density at radius 1 is 1.00 bits per heavy atom. The van der Waals surface area contributed by atoms with Crippen molar-refractivity contribution in [1.82, 2.24) is 9.72 Å². The number of methoxy groups -OCH3 is 2. The fraction of sp³-hybridized carbons (Fsp3) is 0.167. The van der Waals surface area contributed by atoms with Crippen LogP contribution in [0.2, 0.25) is 0 Å². The minimum absolute atomic E-state index is 0.133. The quantitative estimate of drug-likeness (QED) is 0.207. The smallest absolute Gasteiger partial charge is 0.255 e. The monoisotopic (exact) mass is 577 g/mol. The number of rotatable bonds is 9. The molecule has 3 aromatic carbocycles. The van der Waals surface area contributed by atoms with Gasteiger partial charge in [-0.2, -0.15) is 0 Å². The number of aromatic nitrogens is 2. The molecule has 11 heteroatoms. The van der Waals surface area contributed by atoms with E-state index < -0.39 is 22.4 Å². The summed E-state index contributed by atoms with van der Waals surface area (Å²) in [6.07, 6.45) is 1.77. The van der Waals surface area contributed by atoms with E-state index in [1.807, 2.05) is 38.1 Å². The highest BCUT2D eigenvalue weighted by molar-refractivity contribution is 7.86. The summed E-state index contributed by atoms with van der Waals surface area (Å²) in [5, 5.41) is 4.55. The van der Waals surface area contributed by atoms with Crippen molar-refractivity contribution in [3.8, 4) is 17.2 Å². The minimum atomic E-state index is -1.72. The molecule has 0 aliphatic carbocycles. The van der Waals surface area contributed by atoms with Gasteiger partial charge in [-0.3, -0.25) is 18.5 Å². The predicted octanol–water partition coefficient (Wildman–Crippen LogP) is 5.70. The molecule has 2 aromatic heterocycles. The molecule has 41 heavy (non-hydrogen) atoms. The van der Waals surface area contributed by atoms with Gasteiger partial charge in [0.05, 0.1) is 42.4 Å². The molecule has 9 nitrogen and oxygen atoms in total. The fourth-order valence-corrected chi connectivity index (χ4v) is 5.35. The summed E-state index contributed by atoms with van der Waals surface area (Å²) in [6.45, 7) is 4.26. The molecule has 1 unspecified atom stereocenters. The molecule has 0 radical (unpaired) electrons. The molecule has 0 saturated carbocycles. The number of hydrogen-bond acceptors (Lipinski definition) is 7. The number of ether oxygens (including phenoxy) is 2. The molecule has 0 saturated heterocycles. The van der Waals surface area contributed by atoms with Gasteiger partial charge in [0.15, 0.2) is 23.1 Å². The Hall–Kier alpha value is -4.77. The molecule has 0 spiro atoms. The highest BCUT2D eigenvalue weighted by Crippen LogP contribution is 2.29. The number of aldehydes is 1. The Balaban J connectivity index is 0.00000189. The van der Waals surface area contributed by atoms with E-state index in [1.165, 1.54) is 30.1 Å². The third kappa shape index (κ3) is 6.04. The molecular weight excluding hydrogens is 549 g/mol. The van der Waals surface area contributed by atoms with Crippen molar-refractivity contribution >= 4 is 34.0 Å². The van der Waals surface area contributed by atoms with Crippen molar-refractivity contribution in [1.29, 1.82) is 0 Å². The van der Waals surface area contributed by atoms with Crippen LogP contribution in [0, 0.1) is 5.82 Å². The number of hydrogen-bond donors (Lipinski definition) is 0. The van der Waals surface area contributed by atoms with Crippen LogP contribution in [0.3, 0.4) is 0 Å². The van der Waals surface area contributed by atoms with Crippen LogP contribution in [0.25, 0.3) is 16.6 Å². The molecule has 0 N–H and O–H groups in total. The first-order valence-corrected chi connectivity index (χ1v) is 13.8. The Morgan fingerprint density at radius 3 is 2.39 bits per heavy atom. The van der Waals surface area contributed by atoms with Crippen LogP contribution in [0.1, 0.15) is 29.8 Å². The van der Waals surface area contributed by atoms with Crippen LogP contribution in [0.4, 0.5) is 10.2 Å². The lowest BCUT2D eigenvalue weighted by Crippen LogP contribution is -2.26. The average molecular weight is 578 g/mol. The van der Waals surface area contributed by atoms with Gasteiger partial charge in [-0.05, 0) is 48.0 Å². The van der Waals surface area contributed by atoms with Gasteiger partial charge >= 0.3 is 0 Å². The van der Waals surface area contributed by atoms with Gasteiger partial charge in [0.2, 0.25) is 0 Å². The number of carbonyl (C=O) groups excluding carboxylic acids is 1. The topological polar surface area (TPSA) is 104 Å². The van der Waals surface area contributed by atoms with E-state index in [1.54, 1.807) is 41.7 Å². The highest BCUT2D eigenvalue weighted by atomic mass is 32.2. The summed E-state index contributed by atoms with van der Waals surface area (Å²) in [5.41, 5.74) is 0.814. The normalized spacial score (nSPS) is 11.3. The van der Waals surface area contributed by atoms with Crippen LogP contribution < -0.4 is 19.3 Å². The standard InChI is InChI=1S/C28H22FN3O6S.C2H6/c1-36-21-6-3-18(4-7-21)16-31(27-11-12-38-30-27)39(35)22-8-9-24-19(13-22)5-10-28(34)32(24)25-15-23(29)20(17-33)14-26(25)37-2;1-2/h3-15,17H,16H2,1-2H3;1-2H3. The number of fused-ring (bicyclic) bond motifs is 1. The van der Waals surface area contributed by atoms with Gasteiger partial charge in [-0.25, -0.2) is 8.60 Å². The second-order valence-corrected chi connectivity index (χ2v) is 9.79. The van der Waals surface area contributed by atoms with Gasteiger partial charge in [0.25, 0.3) is 5.56 Å². The number of halogens is 1. The first-order chi connectivity index (χ1) is 19.9. The largest absolute Gasteiger partial charge is 0.497 e. The molecule has 0 aliphatic heterocycles. The van der Waals surface area contributed by atoms with Crippen LogP contribution >= 0.6 is 0 Å². The van der Waals surface area contributed by atoms with Crippen LogP contribution in [0.5, 0.6) is 11.5 Å². The van der Waals surface area contributed by atoms with Crippen molar-refractivity contribution in [2.75, 3.05) is 18.5 Å². The Labute approximate surface area is 238 Å². The van der Waals surface area contributed by atoms with Crippen molar-refractivity contribution in [3.63, 3.8) is 0 Å². The molecule has 0 fully saturated rings. The first kappa shape index (κ1) is 29.2. The van der Waals surface area contributed by atoms with Crippen molar-refractivity contribution in [2.45, 2.75) is 25.3 Å². The molecular formula is C30H28FN3O6S. The fourth-order valence-electron chi connectivity index (χ4n) is 4.15. The SMILES string of the molecule is CC.COc1ccc(CN(c2ccon2)S(=O)c2ccc3c(ccc(=O)n3-c3cc(F)c(C=O)cc3OC)c2)cc1. The maximum Gasteiger partial charge on any atom is 0.255 e. The third-order valence-corrected chi connectivity index (χ3v) is 7.47. The second-order valence-electron chi connectivity index (χ2n) is 8.38. The summed E-state index contributed by atoms with van der Waals surface area (Å²) in [4.78, 5) is 24.6. The Morgan fingerprint density at radius 2 is 1.76 bits per heavy atom. The number of anilines is 1. The molecule has 1 atom stereocenters. The second kappa shape index (κ2) is 13.1. The van der Waals surface area contributed by atoms with Crippen molar-refractivity contribution in [2.24, 2.45) is 0 Å². The Kier molecular flexibility index (Phi) is 9.30. The summed E-state index contributed by atoms with van der Waals surface area (Å²) < 4.78 is 46.8. The lowest BCUT2D eigenvalue weighted by molar-refractivity contribution is 0.111. The summed E-state index contributed by atoms with van der Waals surface area (Å²) in [6, 6.07) is 19.2. The van der Waals surface area contributed by atoms with Gasteiger partial charge in [0.1, 0.15) is 23.6 Å². The third-order valence-electron chi connectivity index (χ3n) is 6.10. The molecule has 212 valence electrons. The van der Waals surface area contributed by atoms with E-state index in [2.05, 4.69) is 5.16 Å². The summed E-state index contributed by atoms with van der Waals surface area (Å²) in [5.74, 6) is 0.442. The number of carbonyl (C=O) groups is 1. The highest BCUT2D eigenvalue weighted by Gasteiger charge is 2.21. The van der Waals surface area contributed by atoms with Crippen LogP contribution in [0.15, 0.2) is 93.3 Å². The molecule has 5 rings (SSSR count). The molecule has 5 aromatic rings. The zero-order valence-electron chi connectivity index (χ0n) is 22.9. The van der Waals surface area contributed by atoms with Crippen molar-refractivity contribution in [3.05, 3.63) is 106 Å². The molecule has 0 aliphatic rings. The Bertz CT molecular complexity index is 1740. The number of nitrogens with zero attached hydrogens (tertiary/aromatic N) is 3. The van der Waals surface area contributed by atoms with E-state index in [4.69, 9.17) is 14.0 Å². The maximum absolute atomic E-state index is 14.5. The molecule has 0 amide bonds.